The van der Waals surface area contributed by atoms with Crippen molar-refractivity contribution in [2.45, 2.75) is 43.0 Å². The van der Waals surface area contributed by atoms with Crippen LogP contribution in [0.2, 0.25) is 5.02 Å². The van der Waals surface area contributed by atoms with Gasteiger partial charge in [0.2, 0.25) is 0 Å². The lowest BCUT2D eigenvalue weighted by atomic mass is 10.1. The Morgan fingerprint density at radius 1 is 1.32 bits per heavy atom. The third-order valence-electron chi connectivity index (χ3n) is 3.72. The van der Waals surface area contributed by atoms with Gasteiger partial charge in [-0.2, -0.15) is 0 Å². The van der Waals surface area contributed by atoms with Gasteiger partial charge in [-0.25, -0.2) is 0 Å². The predicted molar refractivity (Wildman–Crippen MR) is 85.0 cm³/mol. The van der Waals surface area contributed by atoms with Crippen LogP contribution in [0.15, 0.2) is 29.2 Å². The summed E-state index contributed by atoms with van der Waals surface area (Å²) in [6, 6.07) is 8.86. The molecule has 1 aromatic rings. The molecule has 0 radical (unpaired) electrons. The Labute approximate surface area is 125 Å². The Kier molecular flexibility index (Phi) is 6.02. The molecule has 1 saturated heterocycles. The van der Waals surface area contributed by atoms with E-state index in [-0.39, 0.29) is 0 Å². The van der Waals surface area contributed by atoms with E-state index in [1.54, 1.807) is 0 Å². The van der Waals surface area contributed by atoms with Gasteiger partial charge in [-0.1, -0.05) is 25.4 Å². The molecular weight excluding hydrogens is 276 g/mol. The average molecular weight is 299 g/mol. The van der Waals surface area contributed by atoms with Crippen molar-refractivity contribution in [1.82, 2.24) is 10.2 Å². The predicted octanol–water partition coefficient (Wildman–Crippen LogP) is 3.85. The zero-order chi connectivity index (χ0) is 13.7. The molecule has 1 fully saturated rings. The number of nitrogens with zero attached hydrogens (tertiary/aromatic N) is 1. The van der Waals surface area contributed by atoms with Crippen molar-refractivity contribution in [3.05, 3.63) is 29.3 Å². The van der Waals surface area contributed by atoms with Gasteiger partial charge in [-0.3, -0.25) is 4.90 Å². The van der Waals surface area contributed by atoms with Crippen molar-refractivity contribution in [1.29, 1.82) is 0 Å². The molecule has 0 aromatic heterocycles. The monoisotopic (exact) mass is 298 g/mol. The Balaban J connectivity index is 1.92. The van der Waals surface area contributed by atoms with Gasteiger partial charge in [-0.05, 0) is 37.1 Å². The standard InChI is InChI=1S/C15H23ClN2S/c1-3-13(4-2)18-10-9-17-15(11-18)19-14-7-5-12(16)6-8-14/h5-8,13,15,17H,3-4,9-11H2,1-2H3. The molecule has 0 aliphatic carbocycles. The molecule has 106 valence electrons. The molecule has 1 atom stereocenters. The highest BCUT2D eigenvalue weighted by atomic mass is 35.5. The summed E-state index contributed by atoms with van der Waals surface area (Å²) in [5.74, 6) is 0. The number of thioether (sulfide) groups is 1. The van der Waals surface area contributed by atoms with Crippen LogP contribution in [0.5, 0.6) is 0 Å². The fourth-order valence-electron chi connectivity index (χ4n) is 2.63. The van der Waals surface area contributed by atoms with E-state index in [0.29, 0.717) is 5.37 Å². The van der Waals surface area contributed by atoms with Crippen molar-refractivity contribution >= 4 is 23.4 Å². The van der Waals surface area contributed by atoms with E-state index in [9.17, 15) is 0 Å². The van der Waals surface area contributed by atoms with E-state index in [1.807, 2.05) is 23.9 Å². The van der Waals surface area contributed by atoms with Crippen LogP contribution in [0.4, 0.5) is 0 Å². The highest BCUT2D eigenvalue weighted by Crippen LogP contribution is 2.26. The van der Waals surface area contributed by atoms with Crippen molar-refractivity contribution < 1.29 is 0 Å². The number of hydrogen-bond donors (Lipinski definition) is 1. The van der Waals surface area contributed by atoms with Crippen LogP contribution in [0.3, 0.4) is 0 Å². The molecule has 1 unspecified atom stereocenters. The Morgan fingerprint density at radius 2 is 2.00 bits per heavy atom. The van der Waals surface area contributed by atoms with Crippen molar-refractivity contribution in [2.24, 2.45) is 0 Å². The lowest BCUT2D eigenvalue weighted by molar-refractivity contribution is 0.157. The van der Waals surface area contributed by atoms with Gasteiger partial charge < -0.3 is 5.32 Å². The summed E-state index contributed by atoms with van der Waals surface area (Å²) >= 11 is 7.83. The lowest BCUT2D eigenvalue weighted by Gasteiger charge is -2.38. The van der Waals surface area contributed by atoms with E-state index in [1.165, 1.54) is 24.3 Å². The maximum atomic E-state index is 5.92. The molecule has 1 aliphatic rings. The highest BCUT2D eigenvalue weighted by molar-refractivity contribution is 8.00. The van der Waals surface area contributed by atoms with Crippen LogP contribution >= 0.6 is 23.4 Å². The maximum Gasteiger partial charge on any atom is 0.0709 e. The largest absolute Gasteiger partial charge is 0.303 e. The minimum Gasteiger partial charge on any atom is -0.303 e. The molecule has 0 spiro atoms. The third-order valence-corrected chi connectivity index (χ3v) is 5.12. The van der Waals surface area contributed by atoms with Gasteiger partial charge in [0.15, 0.2) is 0 Å². The number of benzene rings is 1. The number of piperazine rings is 1. The van der Waals surface area contributed by atoms with Gasteiger partial charge in [-0.15, -0.1) is 11.8 Å². The van der Waals surface area contributed by atoms with E-state index >= 15 is 0 Å². The molecule has 1 aromatic carbocycles. The van der Waals surface area contributed by atoms with Gasteiger partial charge in [0.25, 0.3) is 0 Å². The molecule has 1 N–H and O–H groups in total. The second-order valence-electron chi connectivity index (χ2n) is 4.98. The minimum atomic E-state index is 0.482. The zero-order valence-corrected chi connectivity index (χ0v) is 13.3. The SMILES string of the molecule is CCC(CC)N1CCNC(Sc2ccc(Cl)cc2)C1. The van der Waals surface area contributed by atoms with Crippen LogP contribution < -0.4 is 5.32 Å². The molecule has 1 aliphatic heterocycles. The van der Waals surface area contributed by atoms with Gasteiger partial charge >= 0.3 is 0 Å². The summed E-state index contributed by atoms with van der Waals surface area (Å²) in [6.45, 7) is 7.96. The molecule has 4 heteroatoms. The number of hydrogen-bond acceptors (Lipinski definition) is 3. The summed E-state index contributed by atoms with van der Waals surface area (Å²) in [7, 11) is 0. The van der Waals surface area contributed by atoms with Crippen molar-refractivity contribution in [3.8, 4) is 0 Å². The summed E-state index contributed by atoms with van der Waals surface area (Å²) < 4.78 is 0. The first-order chi connectivity index (χ1) is 9.22. The fraction of sp³-hybridized carbons (Fsp3) is 0.600. The summed E-state index contributed by atoms with van der Waals surface area (Å²) in [6.07, 6.45) is 2.49. The molecule has 1 heterocycles. The second-order valence-corrected chi connectivity index (χ2v) is 6.69. The van der Waals surface area contributed by atoms with Crippen LogP contribution in [0.1, 0.15) is 26.7 Å². The average Bonchev–Trinajstić information content (AvgIpc) is 2.43. The smallest absolute Gasteiger partial charge is 0.0709 e. The molecule has 2 rings (SSSR count). The molecule has 19 heavy (non-hydrogen) atoms. The van der Waals surface area contributed by atoms with E-state index in [0.717, 1.165) is 24.2 Å². The van der Waals surface area contributed by atoms with Crippen LogP contribution in [0, 0.1) is 0 Å². The highest BCUT2D eigenvalue weighted by Gasteiger charge is 2.24. The van der Waals surface area contributed by atoms with Crippen molar-refractivity contribution in [2.75, 3.05) is 19.6 Å². The Bertz CT molecular complexity index is 378. The van der Waals surface area contributed by atoms with E-state index in [2.05, 4.69) is 36.2 Å². The van der Waals surface area contributed by atoms with E-state index < -0.39 is 0 Å². The van der Waals surface area contributed by atoms with Crippen LogP contribution in [0.25, 0.3) is 0 Å². The quantitative estimate of drug-likeness (QED) is 0.889. The fourth-order valence-corrected chi connectivity index (χ4v) is 3.85. The first kappa shape index (κ1) is 15.2. The molecule has 0 amide bonds. The number of nitrogens with one attached hydrogen (secondary N) is 1. The topological polar surface area (TPSA) is 15.3 Å². The Morgan fingerprint density at radius 3 is 2.63 bits per heavy atom. The van der Waals surface area contributed by atoms with Gasteiger partial charge in [0.1, 0.15) is 0 Å². The van der Waals surface area contributed by atoms with Crippen LogP contribution in [-0.4, -0.2) is 35.9 Å². The van der Waals surface area contributed by atoms with Gasteiger partial charge in [0.05, 0.1) is 5.37 Å². The molecule has 2 nitrogen and oxygen atoms in total. The summed E-state index contributed by atoms with van der Waals surface area (Å²) in [5, 5.41) is 4.89. The lowest BCUT2D eigenvalue weighted by Crippen LogP contribution is -2.52. The normalized spacial score (nSPS) is 20.9. The number of rotatable bonds is 5. The minimum absolute atomic E-state index is 0.482. The van der Waals surface area contributed by atoms with Crippen molar-refractivity contribution in [3.63, 3.8) is 0 Å². The van der Waals surface area contributed by atoms with Gasteiger partial charge in [0, 0.05) is 35.6 Å². The number of halogens is 1. The van der Waals surface area contributed by atoms with Crippen LogP contribution in [-0.2, 0) is 0 Å². The Hall–Kier alpha value is -0.220. The summed E-state index contributed by atoms with van der Waals surface area (Å²) in [5.41, 5.74) is 0. The zero-order valence-electron chi connectivity index (χ0n) is 11.7. The second kappa shape index (κ2) is 7.53. The summed E-state index contributed by atoms with van der Waals surface area (Å²) in [4.78, 5) is 3.91. The maximum absolute atomic E-state index is 5.92. The molecular formula is C15H23ClN2S. The molecule has 0 bridgehead atoms. The first-order valence-corrected chi connectivity index (χ1v) is 8.38. The van der Waals surface area contributed by atoms with E-state index in [4.69, 9.17) is 11.6 Å². The first-order valence-electron chi connectivity index (χ1n) is 7.12. The molecule has 0 saturated carbocycles. The third kappa shape index (κ3) is 4.38.